The van der Waals surface area contributed by atoms with Crippen molar-refractivity contribution < 1.29 is 14.3 Å². The first kappa shape index (κ1) is 25.2. The Kier molecular flexibility index (Phi) is 7.52. The highest BCUT2D eigenvalue weighted by Gasteiger charge is 2.23. The van der Waals surface area contributed by atoms with Crippen LogP contribution in [0.4, 0.5) is 0 Å². The Balaban J connectivity index is 1.66. The summed E-state index contributed by atoms with van der Waals surface area (Å²) in [5, 5.41) is 0. The maximum Gasteiger partial charge on any atom is 0.260 e. The standard InChI is InChI=1S/C32H28N2O3S/c1-34-29(24-14-18-26(36-2)19-15-24)30(25-16-20-27(37-3)21-17-25)38-32(34)33-31(35)28(22-10-6-4-7-11-22)23-12-8-5-9-13-23/h4-21,28H,1-3H3. The molecule has 0 unspecified atom stereocenters. The monoisotopic (exact) mass is 520 g/mol. The lowest BCUT2D eigenvalue weighted by atomic mass is 9.91. The van der Waals surface area contributed by atoms with E-state index in [2.05, 4.69) is 0 Å². The third-order valence-electron chi connectivity index (χ3n) is 6.47. The molecular weight excluding hydrogens is 492 g/mol. The summed E-state index contributed by atoms with van der Waals surface area (Å²) in [7, 11) is 5.26. The summed E-state index contributed by atoms with van der Waals surface area (Å²) in [5.41, 5.74) is 4.83. The van der Waals surface area contributed by atoms with Gasteiger partial charge in [-0.3, -0.25) is 4.79 Å². The number of amides is 1. The molecule has 6 heteroatoms. The molecule has 0 aliphatic carbocycles. The topological polar surface area (TPSA) is 52.8 Å². The first-order valence-corrected chi connectivity index (χ1v) is 13.1. The van der Waals surface area contributed by atoms with Crippen molar-refractivity contribution in [2.45, 2.75) is 5.92 Å². The highest BCUT2D eigenvalue weighted by atomic mass is 32.1. The van der Waals surface area contributed by atoms with E-state index in [0.29, 0.717) is 4.80 Å². The lowest BCUT2D eigenvalue weighted by Gasteiger charge is -2.14. The molecule has 1 heterocycles. The summed E-state index contributed by atoms with van der Waals surface area (Å²) in [4.78, 5) is 20.2. The molecular formula is C32H28N2O3S. The van der Waals surface area contributed by atoms with Crippen LogP contribution in [0.3, 0.4) is 0 Å². The van der Waals surface area contributed by atoms with Gasteiger partial charge in [-0.25, -0.2) is 0 Å². The van der Waals surface area contributed by atoms with E-state index in [1.807, 2.05) is 121 Å². The molecule has 1 aromatic heterocycles. The van der Waals surface area contributed by atoms with E-state index in [4.69, 9.17) is 14.5 Å². The molecule has 0 spiro atoms. The number of ether oxygens (including phenoxy) is 2. The van der Waals surface area contributed by atoms with Crippen molar-refractivity contribution in [1.29, 1.82) is 0 Å². The van der Waals surface area contributed by atoms with Crippen LogP contribution in [-0.4, -0.2) is 24.7 Å². The van der Waals surface area contributed by atoms with Crippen LogP contribution < -0.4 is 14.3 Å². The number of hydrogen-bond acceptors (Lipinski definition) is 4. The maximum atomic E-state index is 13.8. The summed E-state index contributed by atoms with van der Waals surface area (Å²) in [5.74, 6) is 0.871. The zero-order chi connectivity index (χ0) is 26.5. The van der Waals surface area contributed by atoms with E-state index in [9.17, 15) is 4.79 Å². The van der Waals surface area contributed by atoms with Crippen molar-refractivity contribution in [2.24, 2.45) is 12.0 Å². The van der Waals surface area contributed by atoms with Gasteiger partial charge in [0.25, 0.3) is 5.91 Å². The molecule has 0 atom stereocenters. The molecule has 0 aliphatic heterocycles. The second kappa shape index (κ2) is 11.3. The van der Waals surface area contributed by atoms with Gasteiger partial charge in [0.1, 0.15) is 11.5 Å². The third kappa shape index (κ3) is 5.17. The van der Waals surface area contributed by atoms with Crippen molar-refractivity contribution in [3.63, 3.8) is 0 Å². The molecule has 5 aromatic rings. The minimum atomic E-state index is -0.492. The van der Waals surface area contributed by atoms with E-state index in [1.54, 1.807) is 14.2 Å². The second-order valence-electron chi connectivity index (χ2n) is 8.78. The number of hydrogen-bond donors (Lipinski definition) is 0. The molecule has 0 N–H and O–H groups in total. The fourth-order valence-electron chi connectivity index (χ4n) is 4.49. The van der Waals surface area contributed by atoms with Crippen LogP contribution in [0.25, 0.3) is 21.7 Å². The number of carbonyl (C=O) groups is 1. The van der Waals surface area contributed by atoms with E-state index >= 15 is 0 Å². The maximum absolute atomic E-state index is 13.8. The minimum absolute atomic E-state index is 0.207. The van der Waals surface area contributed by atoms with Crippen LogP contribution in [0, 0.1) is 0 Å². The van der Waals surface area contributed by atoms with Gasteiger partial charge in [0.05, 0.1) is 30.7 Å². The summed E-state index contributed by atoms with van der Waals surface area (Å²) in [6.45, 7) is 0. The number of methoxy groups -OCH3 is 2. The number of benzene rings is 4. The zero-order valence-corrected chi connectivity index (χ0v) is 22.3. The van der Waals surface area contributed by atoms with Gasteiger partial charge in [-0.15, -0.1) is 0 Å². The highest BCUT2D eigenvalue weighted by molar-refractivity contribution is 7.13. The Hall–Kier alpha value is -4.42. The Morgan fingerprint density at radius 3 is 1.66 bits per heavy atom. The van der Waals surface area contributed by atoms with E-state index in [1.165, 1.54) is 11.3 Å². The number of thiazole rings is 1. The molecule has 0 aliphatic rings. The van der Waals surface area contributed by atoms with Gasteiger partial charge in [-0.1, -0.05) is 72.0 Å². The molecule has 0 saturated heterocycles. The van der Waals surface area contributed by atoms with E-state index in [0.717, 1.165) is 44.3 Å². The molecule has 38 heavy (non-hydrogen) atoms. The van der Waals surface area contributed by atoms with E-state index in [-0.39, 0.29) is 5.91 Å². The molecule has 5 nitrogen and oxygen atoms in total. The van der Waals surface area contributed by atoms with Crippen LogP contribution >= 0.6 is 11.3 Å². The van der Waals surface area contributed by atoms with E-state index < -0.39 is 5.92 Å². The van der Waals surface area contributed by atoms with Gasteiger partial charge < -0.3 is 14.0 Å². The van der Waals surface area contributed by atoms with Gasteiger partial charge in [-0.2, -0.15) is 4.99 Å². The molecule has 0 fully saturated rings. The van der Waals surface area contributed by atoms with Gasteiger partial charge in [-0.05, 0) is 70.8 Å². The molecule has 4 aromatic carbocycles. The van der Waals surface area contributed by atoms with Crippen molar-refractivity contribution in [3.8, 4) is 33.2 Å². The fraction of sp³-hybridized carbons (Fsp3) is 0.125. The van der Waals surface area contributed by atoms with Crippen LogP contribution in [0.15, 0.2) is 114 Å². The van der Waals surface area contributed by atoms with Gasteiger partial charge in [0.15, 0.2) is 4.80 Å². The van der Waals surface area contributed by atoms with Gasteiger partial charge >= 0.3 is 0 Å². The zero-order valence-electron chi connectivity index (χ0n) is 21.5. The second-order valence-corrected chi connectivity index (χ2v) is 9.76. The number of aromatic nitrogens is 1. The SMILES string of the molecule is COc1ccc(-c2sc(=NC(=O)C(c3ccccc3)c3ccccc3)n(C)c2-c2ccc(OC)cc2)cc1. The highest BCUT2D eigenvalue weighted by Crippen LogP contribution is 2.36. The first-order chi connectivity index (χ1) is 18.6. The predicted octanol–water partition coefficient (Wildman–Crippen LogP) is 6.70. The molecule has 0 radical (unpaired) electrons. The lowest BCUT2D eigenvalue weighted by Crippen LogP contribution is -2.19. The Labute approximate surface area is 226 Å². The fourth-order valence-corrected chi connectivity index (χ4v) is 5.64. The molecule has 0 bridgehead atoms. The van der Waals surface area contributed by atoms with Crippen LogP contribution in [0.2, 0.25) is 0 Å². The average Bonchev–Trinajstić information content (AvgIpc) is 3.29. The van der Waals surface area contributed by atoms with Crippen LogP contribution in [0.5, 0.6) is 11.5 Å². The van der Waals surface area contributed by atoms with Gasteiger partial charge in [0, 0.05) is 7.05 Å². The summed E-state index contributed by atoms with van der Waals surface area (Å²) in [6, 6.07) is 35.5. The Morgan fingerprint density at radius 1 is 0.711 bits per heavy atom. The number of rotatable bonds is 7. The summed E-state index contributed by atoms with van der Waals surface area (Å²) < 4.78 is 12.7. The molecule has 190 valence electrons. The van der Waals surface area contributed by atoms with Crippen LogP contribution in [-0.2, 0) is 11.8 Å². The van der Waals surface area contributed by atoms with Crippen molar-refractivity contribution >= 4 is 17.2 Å². The summed E-state index contributed by atoms with van der Waals surface area (Å²) >= 11 is 1.50. The molecule has 1 amide bonds. The summed E-state index contributed by atoms with van der Waals surface area (Å²) in [6.07, 6.45) is 0. The van der Waals surface area contributed by atoms with Crippen molar-refractivity contribution in [3.05, 3.63) is 125 Å². The van der Waals surface area contributed by atoms with Crippen LogP contribution in [0.1, 0.15) is 17.0 Å². The van der Waals surface area contributed by atoms with Crippen molar-refractivity contribution in [1.82, 2.24) is 4.57 Å². The van der Waals surface area contributed by atoms with Crippen molar-refractivity contribution in [2.75, 3.05) is 14.2 Å². The number of carbonyl (C=O) groups excluding carboxylic acids is 1. The Bertz CT molecular complexity index is 1550. The first-order valence-electron chi connectivity index (χ1n) is 12.3. The molecule has 0 saturated carbocycles. The quantitative estimate of drug-likeness (QED) is 0.240. The lowest BCUT2D eigenvalue weighted by molar-refractivity contribution is -0.118. The van der Waals surface area contributed by atoms with Gasteiger partial charge in [0.2, 0.25) is 0 Å². The number of nitrogens with zero attached hydrogens (tertiary/aromatic N) is 2. The normalized spacial score (nSPS) is 11.5. The average molecular weight is 521 g/mol. The smallest absolute Gasteiger partial charge is 0.260 e. The molecule has 5 rings (SSSR count). The minimum Gasteiger partial charge on any atom is -0.497 e. The Morgan fingerprint density at radius 2 is 1.18 bits per heavy atom. The largest absolute Gasteiger partial charge is 0.497 e. The predicted molar refractivity (Wildman–Crippen MR) is 153 cm³/mol. The third-order valence-corrected chi connectivity index (χ3v) is 7.65.